The van der Waals surface area contributed by atoms with Crippen LogP contribution in [0, 0.1) is 13.8 Å². The molecule has 0 spiro atoms. The van der Waals surface area contributed by atoms with Gasteiger partial charge in [0.05, 0.1) is 11.3 Å². The predicted molar refractivity (Wildman–Crippen MR) is 108 cm³/mol. The maximum absolute atomic E-state index is 12.8. The first-order valence-corrected chi connectivity index (χ1v) is 9.17. The molecule has 3 aromatic rings. The van der Waals surface area contributed by atoms with E-state index in [1.165, 1.54) is 5.56 Å². The summed E-state index contributed by atoms with van der Waals surface area (Å²) in [5, 5.41) is 3.09. The fraction of sp³-hybridized carbons (Fsp3) is 0.261. The standard InChI is InChI=1S/C23H26N2O/c1-5-17(3)24-23(26)21-15-22(19-9-7-6-8-10-19)25(18(21)4)20-13-11-16(2)12-14-20/h6-15,17H,5H2,1-4H3,(H,24,26)/t17-/m0/s1. The lowest BCUT2D eigenvalue weighted by atomic mass is 10.1. The Hall–Kier alpha value is -2.81. The van der Waals surface area contributed by atoms with E-state index in [4.69, 9.17) is 0 Å². The van der Waals surface area contributed by atoms with E-state index < -0.39 is 0 Å². The average Bonchev–Trinajstić information content (AvgIpc) is 3.00. The number of carbonyl (C=O) groups is 1. The Morgan fingerprint density at radius 1 is 1.04 bits per heavy atom. The zero-order chi connectivity index (χ0) is 18.7. The fourth-order valence-corrected chi connectivity index (χ4v) is 3.09. The van der Waals surface area contributed by atoms with Crippen LogP contribution in [0.2, 0.25) is 0 Å². The van der Waals surface area contributed by atoms with E-state index in [2.05, 4.69) is 60.1 Å². The second-order valence-electron chi connectivity index (χ2n) is 6.85. The van der Waals surface area contributed by atoms with Crippen LogP contribution in [0.15, 0.2) is 60.7 Å². The van der Waals surface area contributed by atoms with Gasteiger partial charge in [0, 0.05) is 17.4 Å². The highest BCUT2D eigenvalue weighted by molar-refractivity contribution is 5.97. The molecule has 3 nitrogen and oxygen atoms in total. The Morgan fingerprint density at radius 2 is 1.69 bits per heavy atom. The van der Waals surface area contributed by atoms with Gasteiger partial charge in [0.2, 0.25) is 0 Å². The fourth-order valence-electron chi connectivity index (χ4n) is 3.09. The molecule has 0 radical (unpaired) electrons. The minimum absolute atomic E-state index is 0.0140. The molecule has 3 heteroatoms. The molecule has 0 bridgehead atoms. The Kier molecular flexibility index (Phi) is 5.27. The van der Waals surface area contributed by atoms with Crippen molar-refractivity contribution in [3.8, 4) is 16.9 Å². The molecule has 0 saturated carbocycles. The minimum Gasteiger partial charge on any atom is -0.350 e. The number of aromatic nitrogens is 1. The van der Waals surface area contributed by atoms with Gasteiger partial charge in [-0.25, -0.2) is 0 Å². The highest BCUT2D eigenvalue weighted by Crippen LogP contribution is 2.29. The number of amides is 1. The van der Waals surface area contributed by atoms with Crippen LogP contribution in [-0.4, -0.2) is 16.5 Å². The molecular formula is C23H26N2O. The van der Waals surface area contributed by atoms with Crippen LogP contribution < -0.4 is 5.32 Å². The van der Waals surface area contributed by atoms with Gasteiger partial charge in [0.1, 0.15) is 0 Å². The summed E-state index contributed by atoms with van der Waals surface area (Å²) >= 11 is 0. The summed E-state index contributed by atoms with van der Waals surface area (Å²) in [7, 11) is 0. The van der Waals surface area contributed by atoms with E-state index in [0.717, 1.165) is 34.6 Å². The Balaban J connectivity index is 2.14. The first kappa shape index (κ1) is 18.0. The van der Waals surface area contributed by atoms with E-state index in [0.29, 0.717) is 0 Å². The lowest BCUT2D eigenvalue weighted by molar-refractivity contribution is 0.0938. The number of carbonyl (C=O) groups excluding carboxylic acids is 1. The van der Waals surface area contributed by atoms with Crippen molar-refractivity contribution in [1.29, 1.82) is 0 Å². The first-order valence-electron chi connectivity index (χ1n) is 9.17. The molecule has 1 heterocycles. The van der Waals surface area contributed by atoms with Crippen LogP contribution in [0.25, 0.3) is 16.9 Å². The van der Waals surface area contributed by atoms with Gasteiger partial charge < -0.3 is 9.88 Å². The smallest absolute Gasteiger partial charge is 0.253 e. The predicted octanol–water partition coefficient (Wildman–Crippen LogP) is 5.29. The molecule has 2 aromatic carbocycles. The molecule has 0 saturated heterocycles. The van der Waals surface area contributed by atoms with Gasteiger partial charge in [0.25, 0.3) is 5.91 Å². The lowest BCUT2D eigenvalue weighted by Gasteiger charge is -2.13. The lowest BCUT2D eigenvalue weighted by Crippen LogP contribution is -2.32. The molecule has 26 heavy (non-hydrogen) atoms. The SMILES string of the molecule is CC[C@H](C)NC(=O)c1cc(-c2ccccc2)n(-c2ccc(C)cc2)c1C. The van der Waals surface area contributed by atoms with Crippen LogP contribution in [-0.2, 0) is 0 Å². The maximum atomic E-state index is 12.8. The van der Waals surface area contributed by atoms with Gasteiger partial charge in [-0.2, -0.15) is 0 Å². The van der Waals surface area contributed by atoms with Crippen LogP contribution in [0.3, 0.4) is 0 Å². The van der Waals surface area contributed by atoms with Gasteiger partial charge in [-0.15, -0.1) is 0 Å². The van der Waals surface area contributed by atoms with E-state index >= 15 is 0 Å². The number of hydrogen-bond donors (Lipinski definition) is 1. The molecule has 0 aliphatic carbocycles. The Labute approximate surface area is 155 Å². The molecular weight excluding hydrogens is 320 g/mol. The third-order valence-corrected chi connectivity index (χ3v) is 4.84. The first-order chi connectivity index (χ1) is 12.5. The molecule has 0 aliphatic rings. The Morgan fingerprint density at radius 3 is 2.31 bits per heavy atom. The highest BCUT2D eigenvalue weighted by atomic mass is 16.1. The summed E-state index contributed by atoms with van der Waals surface area (Å²) in [5.41, 5.74) is 6.09. The number of nitrogens with one attached hydrogen (secondary N) is 1. The van der Waals surface area contributed by atoms with Crippen molar-refractivity contribution >= 4 is 5.91 Å². The zero-order valence-corrected chi connectivity index (χ0v) is 15.9. The molecule has 0 aliphatic heterocycles. The monoisotopic (exact) mass is 346 g/mol. The highest BCUT2D eigenvalue weighted by Gasteiger charge is 2.20. The molecule has 1 N–H and O–H groups in total. The van der Waals surface area contributed by atoms with Gasteiger partial charge in [0.15, 0.2) is 0 Å². The van der Waals surface area contributed by atoms with Crippen molar-refractivity contribution in [2.45, 2.75) is 40.2 Å². The van der Waals surface area contributed by atoms with Gasteiger partial charge >= 0.3 is 0 Å². The van der Waals surface area contributed by atoms with Crippen LogP contribution in [0.5, 0.6) is 0 Å². The molecule has 1 amide bonds. The van der Waals surface area contributed by atoms with E-state index in [1.54, 1.807) is 0 Å². The number of hydrogen-bond acceptors (Lipinski definition) is 1. The van der Waals surface area contributed by atoms with Gasteiger partial charge in [-0.3, -0.25) is 4.79 Å². The topological polar surface area (TPSA) is 34.0 Å². The summed E-state index contributed by atoms with van der Waals surface area (Å²) in [6.07, 6.45) is 0.912. The number of rotatable bonds is 5. The summed E-state index contributed by atoms with van der Waals surface area (Å²) in [5.74, 6) is -0.0140. The van der Waals surface area contributed by atoms with Gasteiger partial charge in [-0.05, 0) is 51.0 Å². The summed E-state index contributed by atoms with van der Waals surface area (Å²) in [6, 6.07) is 20.8. The quantitative estimate of drug-likeness (QED) is 0.669. The second kappa shape index (κ2) is 7.61. The number of aryl methyl sites for hydroxylation is 1. The van der Waals surface area contributed by atoms with Gasteiger partial charge in [-0.1, -0.05) is 55.0 Å². The molecule has 134 valence electrons. The Bertz CT molecular complexity index is 892. The number of benzene rings is 2. The van der Waals surface area contributed by atoms with Crippen molar-refractivity contribution in [3.05, 3.63) is 77.5 Å². The number of nitrogens with zero attached hydrogens (tertiary/aromatic N) is 1. The largest absolute Gasteiger partial charge is 0.350 e. The third kappa shape index (κ3) is 3.57. The van der Waals surface area contributed by atoms with Crippen LogP contribution >= 0.6 is 0 Å². The molecule has 3 rings (SSSR count). The summed E-state index contributed by atoms with van der Waals surface area (Å²) < 4.78 is 2.17. The second-order valence-corrected chi connectivity index (χ2v) is 6.85. The zero-order valence-electron chi connectivity index (χ0n) is 15.9. The van der Waals surface area contributed by atoms with Crippen molar-refractivity contribution in [2.75, 3.05) is 0 Å². The summed E-state index contributed by atoms with van der Waals surface area (Å²) in [6.45, 7) is 8.19. The van der Waals surface area contributed by atoms with Crippen LogP contribution in [0.1, 0.15) is 41.9 Å². The van der Waals surface area contributed by atoms with E-state index in [9.17, 15) is 4.79 Å². The maximum Gasteiger partial charge on any atom is 0.253 e. The molecule has 1 aromatic heterocycles. The van der Waals surface area contributed by atoms with Crippen molar-refractivity contribution in [3.63, 3.8) is 0 Å². The molecule has 0 unspecified atom stereocenters. The van der Waals surface area contributed by atoms with Crippen LogP contribution in [0.4, 0.5) is 0 Å². The van der Waals surface area contributed by atoms with Crippen molar-refractivity contribution < 1.29 is 4.79 Å². The third-order valence-electron chi connectivity index (χ3n) is 4.84. The van der Waals surface area contributed by atoms with Crippen molar-refractivity contribution in [1.82, 2.24) is 9.88 Å². The normalized spacial score (nSPS) is 12.0. The van der Waals surface area contributed by atoms with E-state index in [-0.39, 0.29) is 11.9 Å². The van der Waals surface area contributed by atoms with Crippen molar-refractivity contribution in [2.24, 2.45) is 0 Å². The van der Waals surface area contributed by atoms with E-state index in [1.807, 2.05) is 38.1 Å². The summed E-state index contributed by atoms with van der Waals surface area (Å²) in [4.78, 5) is 12.8. The molecule has 1 atom stereocenters. The molecule has 0 fully saturated rings. The average molecular weight is 346 g/mol. The minimum atomic E-state index is -0.0140.